The second-order valence-electron chi connectivity index (χ2n) is 7.37. The van der Waals surface area contributed by atoms with Gasteiger partial charge in [0.05, 0.1) is 39.3 Å². The van der Waals surface area contributed by atoms with Crippen LogP contribution in [0.15, 0.2) is 16.8 Å². The van der Waals surface area contributed by atoms with Crippen molar-refractivity contribution in [2.24, 2.45) is 5.92 Å². The van der Waals surface area contributed by atoms with Gasteiger partial charge in [0.2, 0.25) is 5.91 Å². The number of hydrogen-bond acceptors (Lipinski definition) is 5. The summed E-state index contributed by atoms with van der Waals surface area (Å²) in [6.45, 7) is 7.33. The Morgan fingerprint density at radius 1 is 1.33 bits per heavy atom. The molecule has 0 N–H and O–H groups in total. The standard InChI is InChI=1S/C18H26N2O3S/c21-17(9-15-2-8-24-12-15)20-13-18(14-20)3-1-16(11-23-18)10-19-4-6-22-7-5-19/h2,8,12,16H,1,3-7,9-11,13-14H2/t16-/m0/s1. The monoisotopic (exact) mass is 350 g/mol. The van der Waals surface area contributed by atoms with Crippen molar-refractivity contribution in [1.82, 2.24) is 9.80 Å². The molecule has 0 saturated carbocycles. The van der Waals surface area contributed by atoms with Crippen molar-refractivity contribution in [3.8, 4) is 0 Å². The van der Waals surface area contributed by atoms with Crippen LogP contribution in [-0.2, 0) is 20.7 Å². The number of nitrogens with zero attached hydrogens (tertiary/aromatic N) is 2. The van der Waals surface area contributed by atoms with Gasteiger partial charge in [0.15, 0.2) is 0 Å². The molecule has 3 aliphatic heterocycles. The van der Waals surface area contributed by atoms with Crippen molar-refractivity contribution >= 4 is 17.2 Å². The van der Waals surface area contributed by atoms with E-state index >= 15 is 0 Å². The van der Waals surface area contributed by atoms with Gasteiger partial charge in [0, 0.05) is 19.6 Å². The van der Waals surface area contributed by atoms with Crippen LogP contribution in [0.25, 0.3) is 0 Å². The van der Waals surface area contributed by atoms with Gasteiger partial charge in [-0.15, -0.1) is 0 Å². The van der Waals surface area contributed by atoms with Gasteiger partial charge < -0.3 is 14.4 Å². The number of likely N-dealkylation sites (tertiary alicyclic amines) is 1. The predicted molar refractivity (Wildman–Crippen MR) is 93.3 cm³/mol. The molecule has 1 spiro atoms. The van der Waals surface area contributed by atoms with Gasteiger partial charge in [-0.1, -0.05) is 0 Å². The van der Waals surface area contributed by atoms with E-state index in [1.54, 1.807) is 11.3 Å². The number of thiophene rings is 1. The third-order valence-corrected chi connectivity index (χ3v) is 6.23. The Labute approximate surface area is 147 Å². The fourth-order valence-electron chi connectivity index (χ4n) is 3.96. The highest BCUT2D eigenvalue weighted by Crippen LogP contribution is 2.36. The topological polar surface area (TPSA) is 42.0 Å². The summed E-state index contributed by atoms with van der Waals surface area (Å²) in [5, 5.41) is 4.08. The summed E-state index contributed by atoms with van der Waals surface area (Å²) in [5.74, 6) is 0.863. The Morgan fingerprint density at radius 3 is 2.83 bits per heavy atom. The third kappa shape index (κ3) is 3.67. The summed E-state index contributed by atoms with van der Waals surface area (Å²) in [4.78, 5) is 16.8. The van der Waals surface area contributed by atoms with Crippen LogP contribution in [0.3, 0.4) is 0 Å². The molecule has 3 fully saturated rings. The van der Waals surface area contributed by atoms with E-state index in [0.29, 0.717) is 12.3 Å². The average Bonchev–Trinajstić information content (AvgIpc) is 3.07. The molecule has 0 bridgehead atoms. The highest BCUT2D eigenvalue weighted by molar-refractivity contribution is 7.07. The van der Waals surface area contributed by atoms with Crippen molar-refractivity contribution in [2.45, 2.75) is 24.9 Å². The largest absolute Gasteiger partial charge is 0.379 e. The lowest BCUT2D eigenvalue weighted by Gasteiger charge is -2.53. The number of carbonyl (C=O) groups excluding carboxylic acids is 1. The summed E-state index contributed by atoms with van der Waals surface area (Å²) >= 11 is 1.65. The maximum atomic E-state index is 12.3. The lowest BCUT2D eigenvalue weighted by molar-refractivity contribution is -0.189. The van der Waals surface area contributed by atoms with E-state index in [2.05, 4.69) is 10.3 Å². The molecule has 3 saturated heterocycles. The van der Waals surface area contributed by atoms with E-state index in [1.807, 2.05) is 16.3 Å². The van der Waals surface area contributed by atoms with Gasteiger partial charge in [0.1, 0.15) is 5.60 Å². The van der Waals surface area contributed by atoms with Gasteiger partial charge in [-0.2, -0.15) is 11.3 Å². The average molecular weight is 350 g/mol. The Kier molecular flexibility index (Phi) is 4.90. The number of carbonyl (C=O) groups is 1. The second kappa shape index (κ2) is 7.12. The van der Waals surface area contributed by atoms with Gasteiger partial charge >= 0.3 is 0 Å². The van der Waals surface area contributed by atoms with Crippen LogP contribution in [0, 0.1) is 5.92 Å². The molecular weight excluding hydrogens is 324 g/mol. The first kappa shape index (κ1) is 16.5. The Morgan fingerprint density at radius 2 is 2.17 bits per heavy atom. The van der Waals surface area contributed by atoms with Crippen molar-refractivity contribution in [3.63, 3.8) is 0 Å². The van der Waals surface area contributed by atoms with E-state index in [9.17, 15) is 4.79 Å². The van der Waals surface area contributed by atoms with Gasteiger partial charge in [-0.25, -0.2) is 0 Å². The number of ether oxygens (including phenoxy) is 2. The molecule has 1 atom stereocenters. The Hall–Kier alpha value is -0.950. The van der Waals surface area contributed by atoms with E-state index in [4.69, 9.17) is 9.47 Å². The fraction of sp³-hybridized carbons (Fsp3) is 0.722. The minimum absolute atomic E-state index is 0.0498. The molecule has 3 aliphatic rings. The third-order valence-electron chi connectivity index (χ3n) is 5.50. The predicted octanol–water partition coefficient (Wildman–Crippen LogP) is 1.63. The van der Waals surface area contributed by atoms with Crippen molar-refractivity contribution < 1.29 is 14.3 Å². The first-order valence-corrected chi connectivity index (χ1v) is 9.90. The lowest BCUT2D eigenvalue weighted by atomic mass is 9.82. The van der Waals surface area contributed by atoms with Crippen molar-refractivity contribution in [2.75, 3.05) is 52.5 Å². The maximum Gasteiger partial charge on any atom is 0.227 e. The SMILES string of the molecule is O=C(Cc1ccsc1)N1CC2(CC[C@@H](CN3CCOCC3)CO2)C1. The normalized spacial score (nSPS) is 27.2. The van der Waals surface area contributed by atoms with E-state index < -0.39 is 0 Å². The van der Waals surface area contributed by atoms with Crippen molar-refractivity contribution in [1.29, 1.82) is 0 Å². The first-order chi connectivity index (χ1) is 11.7. The van der Waals surface area contributed by atoms with Gasteiger partial charge in [-0.3, -0.25) is 9.69 Å². The number of morpholine rings is 1. The van der Waals surface area contributed by atoms with E-state index in [-0.39, 0.29) is 11.5 Å². The Bertz CT molecular complexity index is 541. The molecule has 4 rings (SSSR count). The number of rotatable bonds is 4. The summed E-state index contributed by atoms with van der Waals surface area (Å²) in [7, 11) is 0. The van der Waals surface area contributed by atoms with Crippen LogP contribution in [0.1, 0.15) is 18.4 Å². The van der Waals surface area contributed by atoms with Crippen LogP contribution >= 0.6 is 11.3 Å². The molecule has 5 nitrogen and oxygen atoms in total. The summed E-state index contributed by atoms with van der Waals surface area (Å²) in [5.41, 5.74) is 1.08. The van der Waals surface area contributed by atoms with Crippen LogP contribution in [0.4, 0.5) is 0 Å². The lowest BCUT2D eigenvalue weighted by Crippen LogP contribution is -2.66. The molecule has 1 aromatic heterocycles. The summed E-state index contributed by atoms with van der Waals surface area (Å²) in [6, 6.07) is 2.03. The highest BCUT2D eigenvalue weighted by Gasteiger charge is 2.48. The minimum Gasteiger partial charge on any atom is -0.379 e. The highest BCUT2D eigenvalue weighted by atomic mass is 32.1. The number of amides is 1. The Balaban J connectivity index is 1.20. The number of hydrogen-bond donors (Lipinski definition) is 0. The molecule has 24 heavy (non-hydrogen) atoms. The molecular formula is C18H26N2O3S. The molecule has 6 heteroatoms. The zero-order chi connectivity index (χ0) is 16.4. The van der Waals surface area contributed by atoms with Crippen molar-refractivity contribution in [3.05, 3.63) is 22.4 Å². The quantitative estimate of drug-likeness (QED) is 0.828. The van der Waals surface area contributed by atoms with Crippen LogP contribution in [0.5, 0.6) is 0 Å². The molecule has 132 valence electrons. The molecule has 1 amide bonds. The zero-order valence-electron chi connectivity index (χ0n) is 14.1. The van der Waals surface area contributed by atoms with Gasteiger partial charge in [0.25, 0.3) is 0 Å². The second-order valence-corrected chi connectivity index (χ2v) is 8.15. The van der Waals surface area contributed by atoms with Crippen LogP contribution < -0.4 is 0 Å². The van der Waals surface area contributed by atoms with E-state index in [1.165, 1.54) is 6.42 Å². The molecule has 1 aromatic rings. The van der Waals surface area contributed by atoms with E-state index in [0.717, 1.165) is 64.5 Å². The molecule has 0 aliphatic carbocycles. The summed E-state index contributed by atoms with van der Waals surface area (Å²) in [6.07, 6.45) is 2.83. The smallest absolute Gasteiger partial charge is 0.227 e. The molecule has 0 unspecified atom stereocenters. The van der Waals surface area contributed by atoms with Crippen LogP contribution in [-0.4, -0.2) is 73.9 Å². The first-order valence-electron chi connectivity index (χ1n) is 8.95. The summed E-state index contributed by atoms with van der Waals surface area (Å²) < 4.78 is 11.6. The van der Waals surface area contributed by atoms with Gasteiger partial charge in [-0.05, 0) is 41.1 Å². The fourth-order valence-corrected chi connectivity index (χ4v) is 4.63. The zero-order valence-corrected chi connectivity index (χ0v) is 14.9. The molecule has 4 heterocycles. The maximum absolute atomic E-state index is 12.3. The van der Waals surface area contributed by atoms with Crippen LogP contribution in [0.2, 0.25) is 0 Å². The molecule has 0 radical (unpaired) electrons. The molecule has 0 aromatic carbocycles. The minimum atomic E-state index is -0.0498.